The fourth-order valence-corrected chi connectivity index (χ4v) is 9.20. The SMILES string of the molecule is CC(C)CCCC(C)C1CCC2C3CC=C4CC(C(C)OO)CCC4(C)C3CCC12C. The predicted molar refractivity (Wildman–Crippen MR) is 130 cm³/mol. The molecule has 3 saturated carbocycles. The second kappa shape index (κ2) is 9.13. The summed E-state index contributed by atoms with van der Waals surface area (Å²) in [7, 11) is 0. The normalized spacial score (nSPS) is 44.3. The molecule has 2 nitrogen and oxygen atoms in total. The van der Waals surface area contributed by atoms with Crippen LogP contribution in [0.15, 0.2) is 11.6 Å². The Kier molecular flexibility index (Phi) is 7.01. The second-order valence-corrected chi connectivity index (χ2v) is 13.1. The lowest BCUT2D eigenvalue weighted by atomic mass is 9.46. The molecule has 0 bridgehead atoms. The van der Waals surface area contributed by atoms with Crippen LogP contribution in [0, 0.1) is 52.3 Å². The minimum atomic E-state index is -0.0365. The quantitative estimate of drug-likeness (QED) is 0.249. The molecule has 0 aromatic rings. The van der Waals surface area contributed by atoms with E-state index in [0.29, 0.717) is 16.7 Å². The minimum Gasteiger partial charge on any atom is -0.252 e. The highest BCUT2D eigenvalue weighted by atomic mass is 17.1. The summed E-state index contributed by atoms with van der Waals surface area (Å²) < 4.78 is 0. The Bertz CT molecular complexity index is 653. The van der Waals surface area contributed by atoms with Gasteiger partial charge in [-0.3, -0.25) is 5.26 Å². The Labute approximate surface area is 192 Å². The van der Waals surface area contributed by atoms with Gasteiger partial charge in [-0.1, -0.05) is 65.5 Å². The average molecular weight is 431 g/mol. The summed E-state index contributed by atoms with van der Waals surface area (Å²) in [5.41, 5.74) is 2.68. The van der Waals surface area contributed by atoms with Crippen LogP contribution in [-0.2, 0) is 4.89 Å². The molecule has 0 heterocycles. The van der Waals surface area contributed by atoms with Crippen LogP contribution in [-0.4, -0.2) is 11.4 Å². The Morgan fingerprint density at radius 2 is 1.77 bits per heavy atom. The van der Waals surface area contributed by atoms with Crippen molar-refractivity contribution in [3.8, 4) is 0 Å². The summed E-state index contributed by atoms with van der Waals surface area (Å²) in [5.74, 6) is 5.90. The molecule has 0 spiro atoms. The van der Waals surface area contributed by atoms with Gasteiger partial charge in [0.15, 0.2) is 0 Å². The van der Waals surface area contributed by atoms with Crippen LogP contribution in [0.3, 0.4) is 0 Å². The van der Waals surface area contributed by atoms with Crippen molar-refractivity contribution < 1.29 is 10.1 Å². The van der Waals surface area contributed by atoms with E-state index in [1.54, 1.807) is 5.57 Å². The van der Waals surface area contributed by atoms with E-state index in [1.165, 1.54) is 64.2 Å². The fraction of sp³-hybridized carbons (Fsp3) is 0.931. The van der Waals surface area contributed by atoms with Crippen molar-refractivity contribution in [1.82, 2.24) is 0 Å². The van der Waals surface area contributed by atoms with E-state index in [-0.39, 0.29) is 6.10 Å². The number of allylic oxidation sites excluding steroid dienone is 2. The fourth-order valence-electron chi connectivity index (χ4n) is 9.20. The van der Waals surface area contributed by atoms with Crippen LogP contribution >= 0.6 is 0 Å². The van der Waals surface area contributed by atoms with Crippen molar-refractivity contribution in [3.05, 3.63) is 11.6 Å². The summed E-state index contributed by atoms with van der Waals surface area (Å²) in [6.07, 6.45) is 17.7. The molecule has 0 aromatic heterocycles. The molecule has 31 heavy (non-hydrogen) atoms. The molecule has 4 aliphatic rings. The maximum Gasteiger partial charge on any atom is 0.0930 e. The average Bonchev–Trinajstić information content (AvgIpc) is 3.09. The Balaban J connectivity index is 1.47. The van der Waals surface area contributed by atoms with Gasteiger partial charge in [0.25, 0.3) is 0 Å². The highest BCUT2D eigenvalue weighted by molar-refractivity contribution is 5.25. The van der Waals surface area contributed by atoms with E-state index < -0.39 is 0 Å². The number of fused-ring (bicyclic) bond motifs is 5. The molecule has 0 amide bonds. The lowest BCUT2D eigenvalue weighted by Crippen LogP contribution is -2.50. The van der Waals surface area contributed by atoms with Crippen molar-refractivity contribution in [1.29, 1.82) is 0 Å². The maximum atomic E-state index is 9.20. The first kappa shape index (κ1) is 23.8. The molecule has 0 aliphatic heterocycles. The minimum absolute atomic E-state index is 0.0365. The number of hydrogen-bond acceptors (Lipinski definition) is 2. The van der Waals surface area contributed by atoms with E-state index in [1.807, 2.05) is 6.92 Å². The molecule has 178 valence electrons. The number of hydrogen-bond donors (Lipinski definition) is 1. The number of rotatable bonds is 7. The Hall–Kier alpha value is -0.340. The van der Waals surface area contributed by atoms with Gasteiger partial charge in [-0.05, 0) is 111 Å². The van der Waals surface area contributed by atoms with Gasteiger partial charge in [-0.15, -0.1) is 0 Å². The van der Waals surface area contributed by atoms with E-state index in [0.717, 1.165) is 41.9 Å². The molecule has 4 aliphatic carbocycles. The summed E-state index contributed by atoms with van der Waals surface area (Å²) in [6, 6.07) is 0. The zero-order valence-electron chi connectivity index (χ0n) is 21.3. The summed E-state index contributed by atoms with van der Waals surface area (Å²) >= 11 is 0. The molecule has 0 radical (unpaired) electrons. The molecule has 2 heteroatoms. The molecular weight excluding hydrogens is 380 g/mol. The van der Waals surface area contributed by atoms with Gasteiger partial charge in [0.2, 0.25) is 0 Å². The molecule has 1 N–H and O–H groups in total. The summed E-state index contributed by atoms with van der Waals surface area (Å²) in [6.45, 7) is 14.6. The van der Waals surface area contributed by atoms with E-state index in [9.17, 15) is 5.26 Å². The van der Waals surface area contributed by atoms with Gasteiger partial charge >= 0.3 is 0 Å². The van der Waals surface area contributed by atoms with Crippen molar-refractivity contribution in [3.63, 3.8) is 0 Å². The first-order valence-corrected chi connectivity index (χ1v) is 13.7. The van der Waals surface area contributed by atoms with Gasteiger partial charge in [0.05, 0.1) is 6.10 Å². The predicted octanol–water partition coefficient (Wildman–Crippen LogP) is 8.52. The highest BCUT2D eigenvalue weighted by Crippen LogP contribution is 2.67. The van der Waals surface area contributed by atoms with Crippen molar-refractivity contribution in [2.45, 2.75) is 118 Å². The van der Waals surface area contributed by atoms with Gasteiger partial charge < -0.3 is 0 Å². The van der Waals surface area contributed by atoms with Gasteiger partial charge in [0, 0.05) is 0 Å². The molecule has 3 fully saturated rings. The largest absolute Gasteiger partial charge is 0.252 e. The zero-order valence-corrected chi connectivity index (χ0v) is 21.3. The molecule has 0 aromatic carbocycles. The third-order valence-corrected chi connectivity index (χ3v) is 11.2. The first-order chi connectivity index (χ1) is 14.7. The van der Waals surface area contributed by atoms with Crippen LogP contribution < -0.4 is 0 Å². The summed E-state index contributed by atoms with van der Waals surface area (Å²) in [5, 5.41) is 9.20. The standard InChI is InChI=1S/C29H50O2/c1-19(2)8-7-9-20(3)25-12-13-26-24-11-10-23-18-22(21(4)31-30)14-16-28(23,5)27(24)15-17-29(25,26)6/h10,19-22,24-27,30H,7-9,11-18H2,1-6H3. The highest BCUT2D eigenvalue weighted by Gasteiger charge is 2.59. The van der Waals surface area contributed by atoms with Crippen molar-refractivity contribution >= 4 is 0 Å². The van der Waals surface area contributed by atoms with Gasteiger partial charge in [-0.2, -0.15) is 0 Å². The van der Waals surface area contributed by atoms with Crippen LogP contribution in [0.2, 0.25) is 0 Å². The molecule has 0 saturated heterocycles. The van der Waals surface area contributed by atoms with E-state index in [2.05, 4.69) is 40.7 Å². The van der Waals surface area contributed by atoms with Crippen LogP contribution in [0.1, 0.15) is 112 Å². The molecule has 9 unspecified atom stereocenters. The Morgan fingerprint density at radius 3 is 2.48 bits per heavy atom. The van der Waals surface area contributed by atoms with E-state index in [4.69, 9.17) is 4.89 Å². The van der Waals surface area contributed by atoms with Crippen molar-refractivity contribution in [2.75, 3.05) is 0 Å². The summed E-state index contributed by atoms with van der Waals surface area (Å²) in [4.78, 5) is 4.73. The smallest absolute Gasteiger partial charge is 0.0930 e. The Morgan fingerprint density at radius 1 is 1.00 bits per heavy atom. The van der Waals surface area contributed by atoms with Gasteiger partial charge in [-0.25, -0.2) is 4.89 Å². The molecule has 4 rings (SSSR count). The third-order valence-electron chi connectivity index (χ3n) is 11.2. The monoisotopic (exact) mass is 430 g/mol. The lowest BCUT2D eigenvalue weighted by molar-refractivity contribution is -0.287. The first-order valence-electron chi connectivity index (χ1n) is 13.7. The van der Waals surface area contributed by atoms with Crippen LogP contribution in [0.25, 0.3) is 0 Å². The topological polar surface area (TPSA) is 29.5 Å². The van der Waals surface area contributed by atoms with Crippen molar-refractivity contribution in [2.24, 2.45) is 52.3 Å². The second-order valence-electron chi connectivity index (χ2n) is 13.1. The third kappa shape index (κ3) is 4.18. The lowest BCUT2D eigenvalue weighted by Gasteiger charge is -2.58. The maximum absolute atomic E-state index is 9.20. The van der Waals surface area contributed by atoms with Gasteiger partial charge in [0.1, 0.15) is 0 Å². The van der Waals surface area contributed by atoms with Crippen LogP contribution in [0.5, 0.6) is 0 Å². The molecular formula is C29H50O2. The zero-order chi connectivity index (χ0) is 22.4. The van der Waals surface area contributed by atoms with E-state index >= 15 is 0 Å². The molecule has 9 atom stereocenters. The van der Waals surface area contributed by atoms with Crippen LogP contribution in [0.4, 0.5) is 0 Å².